The SMILES string of the molecule is FC(F)c1ccc(OC(F)(F)F)cc1I. The van der Waals surface area contributed by atoms with E-state index >= 15 is 0 Å². The van der Waals surface area contributed by atoms with Crippen LogP contribution >= 0.6 is 22.6 Å². The molecule has 0 aliphatic rings. The van der Waals surface area contributed by atoms with Crippen LogP contribution in [0.1, 0.15) is 12.0 Å². The second-order valence-corrected chi connectivity index (χ2v) is 3.69. The normalized spacial score (nSPS) is 11.9. The molecule has 0 N–H and O–H groups in total. The molecule has 1 aromatic carbocycles. The van der Waals surface area contributed by atoms with Crippen LogP contribution in [0.4, 0.5) is 22.0 Å². The number of rotatable bonds is 2. The summed E-state index contributed by atoms with van der Waals surface area (Å²) in [5, 5.41) is 0. The maximum atomic E-state index is 12.2. The summed E-state index contributed by atoms with van der Waals surface area (Å²) in [7, 11) is 0. The van der Waals surface area contributed by atoms with Gasteiger partial charge in [-0.05, 0) is 40.8 Å². The molecule has 1 rings (SSSR count). The topological polar surface area (TPSA) is 9.23 Å². The second-order valence-electron chi connectivity index (χ2n) is 2.53. The summed E-state index contributed by atoms with van der Waals surface area (Å²) in [6.45, 7) is 0. The molecular formula is C8H4F5IO. The minimum atomic E-state index is -4.81. The van der Waals surface area contributed by atoms with E-state index in [9.17, 15) is 22.0 Å². The van der Waals surface area contributed by atoms with Crippen LogP contribution in [-0.4, -0.2) is 6.36 Å². The Bertz CT molecular complexity index is 349. The van der Waals surface area contributed by atoms with E-state index < -0.39 is 18.5 Å². The predicted octanol–water partition coefficient (Wildman–Crippen LogP) is 4.13. The zero-order valence-corrected chi connectivity index (χ0v) is 9.14. The van der Waals surface area contributed by atoms with Crippen molar-refractivity contribution in [3.63, 3.8) is 0 Å². The molecule has 0 radical (unpaired) electrons. The predicted molar refractivity (Wildman–Crippen MR) is 50.8 cm³/mol. The molecule has 0 fully saturated rings. The first-order valence-electron chi connectivity index (χ1n) is 3.63. The van der Waals surface area contributed by atoms with E-state index in [1.165, 1.54) is 22.6 Å². The number of hydrogen-bond acceptors (Lipinski definition) is 1. The molecule has 0 aliphatic heterocycles. The Morgan fingerprint density at radius 2 is 1.80 bits per heavy atom. The maximum absolute atomic E-state index is 12.2. The monoisotopic (exact) mass is 338 g/mol. The van der Waals surface area contributed by atoms with Crippen LogP contribution in [0.3, 0.4) is 0 Å². The minimum Gasteiger partial charge on any atom is -0.406 e. The summed E-state index contributed by atoms with van der Waals surface area (Å²) in [6.07, 6.45) is -7.52. The zero-order valence-electron chi connectivity index (χ0n) is 6.99. The van der Waals surface area contributed by atoms with Crippen LogP contribution in [0.2, 0.25) is 0 Å². The highest BCUT2D eigenvalue weighted by molar-refractivity contribution is 14.1. The van der Waals surface area contributed by atoms with Gasteiger partial charge in [-0.25, -0.2) is 8.78 Å². The first kappa shape index (κ1) is 12.5. The molecule has 0 aromatic heterocycles. The number of halogens is 6. The third kappa shape index (κ3) is 3.80. The zero-order chi connectivity index (χ0) is 11.6. The van der Waals surface area contributed by atoms with Gasteiger partial charge in [-0.1, -0.05) is 0 Å². The van der Waals surface area contributed by atoms with Crippen LogP contribution in [0.15, 0.2) is 18.2 Å². The average molecular weight is 338 g/mol. The average Bonchev–Trinajstić information content (AvgIpc) is 1.99. The molecule has 0 aliphatic carbocycles. The first-order chi connectivity index (χ1) is 6.79. The van der Waals surface area contributed by atoms with Crippen molar-refractivity contribution in [2.24, 2.45) is 0 Å². The van der Waals surface area contributed by atoms with E-state index in [0.29, 0.717) is 0 Å². The molecule has 0 saturated carbocycles. The number of ether oxygens (including phenoxy) is 1. The highest BCUT2D eigenvalue weighted by atomic mass is 127. The van der Waals surface area contributed by atoms with Gasteiger partial charge in [0.05, 0.1) is 0 Å². The number of alkyl halides is 5. The van der Waals surface area contributed by atoms with E-state index in [2.05, 4.69) is 4.74 Å². The van der Waals surface area contributed by atoms with Gasteiger partial charge >= 0.3 is 6.36 Å². The van der Waals surface area contributed by atoms with Gasteiger partial charge in [0.15, 0.2) is 0 Å². The lowest BCUT2D eigenvalue weighted by molar-refractivity contribution is -0.274. The molecule has 0 saturated heterocycles. The van der Waals surface area contributed by atoms with Crippen molar-refractivity contribution in [1.82, 2.24) is 0 Å². The lowest BCUT2D eigenvalue weighted by Crippen LogP contribution is -2.17. The van der Waals surface area contributed by atoms with Gasteiger partial charge in [-0.2, -0.15) is 0 Å². The van der Waals surface area contributed by atoms with Crippen LogP contribution in [0, 0.1) is 3.57 Å². The Kier molecular flexibility index (Phi) is 3.74. The van der Waals surface area contributed by atoms with Gasteiger partial charge in [-0.3, -0.25) is 0 Å². The van der Waals surface area contributed by atoms with Gasteiger partial charge in [0, 0.05) is 9.13 Å². The van der Waals surface area contributed by atoms with Crippen molar-refractivity contribution in [3.05, 3.63) is 27.3 Å². The molecule has 0 unspecified atom stereocenters. The van der Waals surface area contributed by atoms with Crippen LogP contribution in [0.25, 0.3) is 0 Å². The summed E-state index contributed by atoms with van der Waals surface area (Å²) in [4.78, 5) is 0. The Balaban J connectivity index is 2.92. The standard InChI is InChI=1S/C8H4F5IO/c9-7(10)5-2-1-4(3-6(5)14)15-8(11,12)13/h1-3,7H. The third-order valence-corrected chi connectivity index (χ3v) is 2.37. The smallest absolute Gasteiger partial charge is 0.406 e. The fraction of sp³-hybridized carbons (Fsp3) is 0.250. The third-order valence-electron chi connectivity index (χ3n) is 1.44. The molecule has 15 heavy (non-hydrogen) atoms. The van der Waals surface area contributed by atoms with Crippen molar-refractivity contribution in [2.75, 3.05) is 0 Å². The molecule has 1 aromatic rings. The number of hydrogen-bond donors (Lipinski definition) is 0. The molecule has 1 nitrogen and oxygen atoms in total. The minimum absolute atomic E-state index is 0.0318. The van der Waals surface area contributed by atoms with E-state index in [4.69, 9.17) is 0 Å². The lowest BCUT2D eigenvalue weighted by atomic mass is 10.2. The fourth-order valence-corrected chi connectivity index (χ4v) is 1.60. The highest BCUT2D eigenvalue weighted by Gasteiger charge is 2.31. The summed E-state index contributed by atoms with van der Waals surface area (Å²) in [5.41, 5.74) is -0.315. The van der Waals surface area contributed by atoms with Gasteiger partial charge in [0.2, 0.25) is 0 Å². The van der Waals surface area contributed by atoms with Gasteiger partial charge < -0.3 is 4.74 Å². The lowest BCUT2D eigenvalue weighted by Gasteiger charge is -2.10. The summed E-state index contributed by atoms with van der Waals surface area (Å²) in [5.74, 6) is -0.503. The molecule has 0 spiro atoms. The molecule has 0 bridgehead atoms. The molecule has 0 atom stereocenters. The Morgan fingerprint density at radius 3 is 2.20 bits per heavy atom. The molecular weight excluding hydrogens is 334 g/mol. The Hall–Kier alpha value is -0.600. The van der Waals surface area contributed by atoms with Crippen molar-refractivity contribution < 1.29 is 26.7 Å². The molecule has 84 valence electrons. The van der Waals surface area contributed by atoms with E-state index in [1.54, 1.807) is 0 Å². The quantitative estimate of drug-likeness (QED) is 0.582. The largest absolute Gasteiger partial charge is 0.573 e. The van der Waals surface area contributed by atoms with Crippen LogP contribution < -0.4 is 4.74 Å². The van der Waals surface area contributed by atoms with Crippen molar-refractivity contribution in [3.8, 4) is 5.75 Å². The highest BCUT2D eigenvalue weighted by Crippen LogP contribution is 2.30. The fourth-order valence-electron chi connectivity index (χ4n) is 0.882. The second kappa shape index (κ2) is 4.50. The number of benzene rings is 1. The maximum Gasteiger partial charge on any atom is 0.573 e. The first-order valence-corrected chi connectivity index (χ1v) is 4.71. The van der Waals surface area contributed by atoms with Crippen molar-refractivity contribution in [2.45, 2.75) is 12.8 Å². The van der Waals surface area contributed by atoms with Gasteiger partial charge in [-0.15, -0.1) is 13.2 Å². The molecule has 0 heterocycles. The van der Waals surface area contributed by atoms with E-state index in [-0.39, 0.29) is 9.13 Å². The Labute approximate surface area is 95.4 Å². The molecule has 7 heteroatoms. The summed E-state index contributed by atoms with van der Waals surface area (Å²) < 4.78 is 63.3. The van der Waals surface area contributed by atoms with Gasteiger partial charge in [0.1, 0.15) is 5.75 Å². The van der Waals surface area contributed by atoms with E-state index in [1.807, 2.05) is 0 Å². The molecule has 0 amide bonds. The summed E-state index contributed by atoms with van der Waals surface area (Å²) >= 11 is 1.53. The van der Waals surface area contributed by atoms with Crippen molar-refractivity contribution >= 4 is 22.6 Å². The van der Waals surface area contributed by atoms with Crippen molar-refractivity contribution in [1.29, 1.82) is 0 Å². The van der Waals surface area contributed by atoms with Crippen LogP contribution in [0.5, 0.6) is 5.75 Å². The summed E-state index contributed by atoms with van der Waals surface area (Å²) in [6, 6.07) is 2.68. The van der Waals surface area contributed by atoms with Crippen LogP contribution in [-0.2, 0) is 0 Å². The van der Waals surface area contributed by atoms with E-state index in [0.717, 1.165) is 18.2 Å². The Morgan fingerprint density at radius 1 is 1.20 bits per heavy atom. The van der Waals surface area contributed by atoms with Gasteiger partial charge in [0.25, 0.3) is 6.43 Å².